The van der Waals surface area contributed by atoms with Gasteiger partial charge in [0.1, 0.15) is 11.0 Å². The lowest BCUT2D eigenvalue weighted by Crippen LogP contribution is -2.44. The van der Waals surface area contributed by atoms with E-state index in [1.54, 1.807) is 6.08 Å². The zero-order valence-electron chi connectivity index (χ0n) is 11.7. The predicted molar refractivity (Wildman–Crippen MR) is 76.7 cm³/mol. The Hall–Kier alpha value is -0.720. The molecule has 6 heteroatoms. The summed E-state index contributed by atoms with van der Waals surface area (Å²) >= 11 is 0. The molecular formula is C14H23NO4S. The van der Waals surface area contributed by atoms with Gasteiger partial charge < -0.3 is 5.73 Å². The molecule has 0 aromatic heterocycles. The minimum absolute atomic E-state index is 0.0252. The molecule has 0 aliphatic heterocycles. The van der Waals surface area contributed by atoms with Gasteiger partial charge in [-0.2, -0.15) is 8.42 Å². The lowest BCUT2D eigenvalue weighted by atomic mass is 9.75. The minimum Gasteiger partial charge on any atom is -0.323 e. The Labute approximate surface area is 120 Å². The number of carbonyl (C=O) groups is 1. The maximum Gasteiger partial charge on any atom is 0.269 e. The molecule has 0 heterocycles. The predicted octanol–water partition coefficient (Wildman–Crippen LogP) is 1.54. The van der Waals surface area contributed by atoms with Gasteiger partial charge in [-0.1, -0.05) is 31.9 Å². The van der Waals surface area contributed by atoms with Crippen LogP contribution in [-0.2, 0) is 14.9 Å². The highest BCUT2D eigenvalue weighted by Gasteiger charge is 2.38. The molecule has 3 N–H and O–H groups in total. The van der Waals surface area contributed by atoms with Crippen molar-refractivity contribution in [1.82, 2.24) is 0 Å². The summed E-state index contributed by atoms with van der Waals surface area (Å²) in [6, 6.07) is -0.736. The zero-order valence-corrected chi connectivity index (χ0v) is 12.6. The molecule has 1 fully saturated rings. The Morgan fingerprint density at radius 2 is 1.80 bits per heavy atom. The monoisotopic (exact) mass is 301 g/mol. The van der Waals surface area contributed by atoms with Crippen molar-refractivity contribution in [2.24, 2.45) is 23.5 Å². The van der Waals surface area contributed by atoms with Gasteiger partial charge in [-0.15, -0.1) is 0 Å². The van der Waals surface area contributed by atoms with Crippen LogP contribution in [-0.4, -0.2) is 30.0 Å². The van der Waals surface area contributed by atoms with Gasteiger partial charge >= 0.3 is 0 Å². The molecule has 114 valence electrons. The Balaban J connectivity index is 2.06. The van der Waals surface area contributed by atoms with Crippen molar-refractivity contribution < 1.29 is 17.8 Å². The fourth-order valence-electron chi connectivity index (χ4n) is 3.25. The molecule has 0 radical (unpaired) electrons. The number of nitrogens with two attached hydrogens (primary N) is 1. The van der Waals surface area contributed by atoms with Crippen LogP contribution >= 0.6 is 0 Å². The molecule has 0 spiro atoms. The van der Waals surface area contributed by atoms with Crippen molar-refractivity contribution in [3.05, 3.63) is 12.2 Å². The molecule has 0 aromatic carbocycles. The normalized spacial score (nSPS) is 38.6. The van der Waals surface area contributed by atoms with Crippen LogP contribution in [0, 0.1) is 17.8 Å². The van der Waals surface area contributed by atoms with Crippen molar-refractivity contribution in [2.75, 3.05) is 0 Å². The molecule has 5 nitrogen and oxygen atoms in total. The van der Waals surface area contributed by atoms with Crippen molar-refractivity contribution >= 4 is 15.9 Å². The zero-order chi connectivity index (χ0) is 14.9. The second-order valence-electron chi connectivity index (χ2n) is 6.22. The quantitative estimate of drug-likeness (QED) is 0.608. The average molecular weight is 301 g/mol. The largest absolute Gasteiger partial charge is 0.323 e. The molecule has 1 saturated carbocycles. The molecule has 2 aliphatic carbocycles. The highest BCUT2D eigenvalue weighted by molar-refractivity contribution is 7.86. The van der Waals surface area contributed by atoms with E-state index in [1.165, 1.54) is 6.08 Å². The fraction of sp³-hybridized carbons (Fsp3) is 0.786. The van der Waals surface area contributed by atoms with Gasteiger partial charge in [-0.3, -0.25) is 9.35 Å². The number of rotatable bonds is 3. The smallest absolute Gasteiger partial charge is 0.269 e. The number of carbonyl (C=O) groups excluding carboxylic acids is 1. The number of hydrogen-bond acceptors (Lipinski definition) is 4. The van der Waals surface area contributed by atoms with Crippen LogP contribution in [0.25, 0.3) is 0 Å². The van der Waals surface area contributed by atoms with Gasteiger partial charge in [0.25, 0.3) is 10.1 Å². The summed E-state index contributed by atoms with van der Waals surface area (Å²) in [4.78, 5) is 12.5. The first-order chi connectivity index (χ1) is 9.29. The average Bonchev–Trinajstić information content (AvgIpc) is 2.38. The van der Waals surface area contributed by atoms with Crippen LogP contribution in [0.2, 0.25) is 0 Å². The number of allylic oxidation sites excluding steroid dienone is 1. The Morgan fingerprint density at radius 3 is 2.35 bits per heavy atom. The van der Waals surface area contributed by atoms with Gasteiger partial charge in [-0.05, 0) is 25.2 Å². The highest BCUT2D eigenvalue weighted by atomic mass is 32.2. The molecule has 0 saturated heterocycles. The van der Waals surface area contributed by atoms with E-state index in [2.05, 4.69) is 6.92 Å². The third-order valence-corrected chi connectivity index (χ3v) is 5.92. The van der Waals surface area contributed by atoms with Gasteiger partial charge in [0.15, 0.2) is 0 Å². The van der Waals surface area contributed by atoms with Crippen molar-refractivity contribution in [3.63, 3.8) is 0 Å². The molecule has 2 rings (SSSR count). The molecule has 2 aliphatic rings. The summed E-state index contributed by atoms with van der Waals surface area (Å²) in [6.45, 7) is 2.19. The van der Waals surface area contributed by atoms with Crippen LogP contribution in [0.15, 0.2) is 12.2 Å². The molecule has 0 bridgehead atoms. The van der Waals surface area contributed by atoms with E-state index in [4.69, 9.17) is 5.73 Å². The van der Waals surface area contributed by atoms with E-state index in [-0.39, 0.29) is 18.1 Å². The van der Waals surface area contributed by atoms with Crippen LogP contribution in [0.5, 0.6) is 0 Å². The lowest BCUT2D eigenvalue weighted by Gasteiger charge is -2.31. The summed E-state index contributed by atoms with van der Waals surface area (Å²) in [6.07, 6.45) is 7.21. The maximum absolute atomic E-state index is 12.5. The summed E-state index contributed by atoms with van der Waals surface area (Å²) in [5, 5.41) is -1.07. The van der Waals surface area contributed by atoms with Crippen LogP contribution in [0.4, 0.5) is 0 Å². The van der Waals surface area contributed by atoms with E-state index in [9.17, 15) is 17.8 Å². The SMILES string of the molecule is CC1CCC(C(=O)C2C=CC(N)C(S(=O)(=O)O)C2)CC1. The van der Waals surface area contributed by atoms with Crippen LogP contribution < -0.4 is 5.73 Å². The molecule has 3 atom stereocenters. The summed E-state index contributed by atoms with van der Waals surface area (Å²) in [5.74, 6) is 0.367. The summed E-state index contributed by atoms with van der Waals surface area (Å²) in [5.41, 5.74) is 5.69. The molecular weight excluding hydrogens is 278 g/mol. The maximum atomic E-state index is 12.5. The lowest BCUT2D eigenvalue weighted by molar-refractivity contribution is -0.126. The van der Waals surface area contributed by atoms with E-state index in [1.807, 2.05) is 0 Å². The number of ketones is 1. The van der Waals surface area contributed by atoms with Gasteiger partial charge in [-0.25, -0.2) is 0 Å². The standard InChI is InChI=1S/C14H23NO4S/c1-9-2-4-10(5-3-9)14(16)11-6-7-12(15)13(8-11)20(17,18)19/h6-7,9-13H,2-5,8,15H2,1H3,(H,17,18,19). The first-order valence-corrected chi connectivity index (χ1v) is 8.73. The summed E-state index contributed by atoms with van der Waals surface area (Å²) in [7, 11) is -4.21. The van der Waals surface area contributed by atoms with Gasteiger partial charge in [0, 0.05) is 17.9 Å². The van der Waals surface area contributed by atoms with Crippen molar-refractivity contribution in [3.8, 4) is 0 Å². The van der Waals surface area contributed by atoms with Crippen LogP contribution in [0.3, 0.4) is 0 Å². The Kier molecular flexibility index (Phi) is 4.66. The minimum atomic E-state index is -4.21. The second kappa shape index (κ2) is 5.95. The number of hydrogen-bond donors (Lipinski definition) is 2. The van der Waals surface area contributed by atoms with Crippen molar-refractivity contribution in [1.29, 1.82) is 0 Å². The van der Waals surface area contributed by atoms with Gasteiger partial charge in [0.05, 0.1) is 0 Å². The van der Waals surface area contributed by atoms with Gasteiger partial charge in [0.2, 0.25) is 0 Å². The van der Waals surface area contributed by atoms with E-state index < -0.39 is 27.3 Å². The van der Waals surface area contributed by atoms with Crippen LogP contribution in [0.1, 0.15) is 39.0 Å². The number of Topliss-reactive ketones (excluding diaryl/α,β-unsaturated/α-hetero) is 1. The Morgan fingerprint density at radius 1 is 1.20 bits per heavy atom. The second-order valence-corrected chi connectivity index (χ2v) is 7.85. The topological polar surface area (TPSA) is 97.5 Å². The van der Waals surface area contributed by atoms with E-state index in [0.29, 0.717) is 5.92 Å². The molecule has 0 aromatic rings. The highest BCUT2D eigenvalue weighted by Crippen LogP contribution is 2.33. The Bertz CT molecular complexity index is 491. The van der Waals surface area contributed by atoms with E-state index in [0.717, 1.165) is 25.7 Å². The van der Waals surface area contributed by atoms with Crippen molar-refractivity contribution in [2.45, 2.75) is 50.3 Å². The molecule has 0 amide bonds. The van der Waals surface area contributed by atoms with E-state index >= 15 is 0 Å². The molecule has 20 heavy (non-hydrogen) atoms. The third kappa shape index (κ3) is 3.48. The molecule has 3 unspecified atom stereocenters. The first-order valence-electron chi connectivity index (χ1n) is 7.23. The first kappa shape index (κ1) is 15.7. The summed E-state index contributed by atoms with van der Waals surface area (Å²) < 4.78 is 31.8. The third-order valence-electron chi connectivity index (χ3n) is 4.65. The fourth-order valence-corrected chi connectivity index (χ4v) is 4.19.